The molecule has 2 rings (SSSR count). The lowest BCUT2D eigenvalue weighted by Gasteiger charge is -1.94. The molecule has 6 heteroatoms. The van der Waals surface area contributed by atoms with Crippen molar-refractivity contribution < 1.29 is 0 Å². The predicted octanol–water partition coefficient (Wildman–Crippen LogP) is 0.799. The fraction of sp³-hybridized carbons (Fsp3) is 0.375. The van der Waals surface area contributed by atoms with Gasteiger partial charge in [-0.15, -0.1) is 16.7 Å². The standard InChI is InChI=1S/C8H10ClN5/c1-13-3-2-7(11-13)5-14-6-8(4-9)10-12-14/h2-3,6H,4-5H2,1H3. The molecular formula is C8H10ClN5. The van der Waals surface area contributed by atoms with Gasteiger partial charge in [-0.05, 0) is 6.07 Å². The molecule has 14 heavy (non-hydrogen) atoms. The van der Waals surface area contributed by atoms with Gasteiger partial charge in [0.25, 0.3) is 0 Å². The largest absolute Gasteiger partial charge is 0.275 e. The van der Waals surface area contributed by atoms with Crippen molar-refractivity contribution >= 4 is 11.6 Å². The molecule has 0 radical (unpaired) electrons. The van der Waals surface area contributed by atoms with Gasteiger partial charge in [-0.1, -0.05) is 5.21 Å². The predicted molar refractivity (Wildman–Crippen MR) is 51.9 cm³/mol. The van der Waals surface area contributed by atoms with Gasteiger partial charge in [0.05, 0.1) is 30.0 Å². The molecule has 2 aromatic heterocycles. The summed E-state index contributed by atoms with van der Waals surface area (Å²) in [5.41, 5.74) is 1.74. The van der Waals surface area contributed by atoms with Gasteiger partial charge in [-0.3, -0.25) is 4.68 Å². The van der Waals surface area contributed by atoms with Crippen LogP contribution in [0.15, 0.2) is 18.5 Å². The summed E-state index contributed by atoms with van der Waals surface area (Å²) in [6, 6.07) is 1.95. The Morgan fingerprint density at radius 1 is 1.43 bits per heavy atom. The molecule has 5 nitrogen and oxygen atoms in total. The van der Waals surface area contributed by atoms with Crippen LogP contribution in [0.4, 0.5) is 0 Å². The summed E-state index contributed by atoms with van der Waals surface area (Å²) < 4.78 is 3.48. The van der Waals surface area contributed by atoms with Crippen molar-refractivity contribution in [2.75, 3.05) is 0 Å². The first-order valence-corrected chi connectivity index (χ1v) is 4.75. The normalized spacial score (nSPS) is 10.7. The average molecular weight is 212 g/mol. The fourth-order valence-corrected chi connectivity index (χ4v) is 1.31. The first-order valence-electron chi connectivity index (χ1n) is 4.21. The molecule has 74 valence electrons. The van der Waals surface area contributed by atoms with Crippen molar-refractivity contribution in [2.45, 2.75) is 12.4 Å². The van der Waals surface area contributed by atoms with Crippen molar-refractivity contribution in [3.05, 3.63) is 29.8 Å². The second-order valence-electron chi connectivity index (χ2n) is 3.02. The van der Waals surface area contributed by atoms with Crippen LogP contribution >= 0.6 is 11.6 Å². The zero-order chi connectivity index (χ0) is 9.97. The third-order valence-corrected chi connectivity index (χ3v) is 2.09. The van der Waals surface area contributed by atoms with Crippen LogP contribution in [0.25, 0.3) is 0 Å². The summed E-state index contributed by atoms with van der Waals surface area (Å²) in [6.45, 7) is 0.630. The molecule has 0 amide bonds. The van der Waals surface area contributed by atoms with E-state index in [0.717, 1.165) is 11.4 Å². The van der Waals surface area contributed by atoms with E-state index in [9.17, 15) is 0 Å². The first-order chi connectivity index (χ1) is 6.78. The van der Waals surface area contributed by atoms with Gasteiger partial charge < -0.3 is 0 Å². The van der Waals surface area contributed by atoms with Crippen LogP contribution in [0.5, 0.6) is 0 Å². The molecule has 0 spiro atoms. The Hall–Kier alpha value is -1.36. The van der Waals surface area contributed by atoms with E-state index in [4.69, 9.17) is 11.6 Å². The third kappa shape index (κ3) is 1.93. The molecule has 0 unspecified atom stereocenters. The van der Waals surface area contributed by atoms with Crippen molar-refractivity contribution in [3.8, 4) is 0 Å². The molecule has 0 aliphatic carbocycles. The minimum absolute atomic E-state index is 0.391. The fourth-order valence-electron chi connectivity index (χ4n) is 1.19. The molecule has 0 N–H and O–H groups in total. The van der Waals surface area contributed by atoms with Crippen molar-refractivity contribution in [3.63, 3.8) is 0 Å². The molecule has 0 fully saturated rings. The zero-order valence-electron chi connectivity index (χ0n) is 7.76. The molecule has 2 heterocycles. The molecule has 0 atom stereocenters. The first kappa shape index (κ1) is 9.21. The number of hydrogen-bond acceptors (Lipinski definition) is 3. The van der Waals surface area contributed by atoms with Gasteiger partial charge in [0, 0.05) is 13.2 Å². The van der Waals surface area contributed by atoms with Gasteiger partial charge in [-0.2, -0.15) is 5.10 Å². The number of aryl methyl sites for hydroxylation is 1. The van der Waals surface area contributed by atoms with Crippen LogP contribution in [0, 0.1) is 0 Å². The number of nitrogens with zero attached hydrogens (tertiary/aromatic N) is 5. The van der Waals surface area contributed by atoms with Crippen molar-refractivity contribution in [1.82, 2.24) is 24.8 Å². The monoisotopic (exact) mass is 211 g/mol. The van der Waals surface area contributed by atoms with E-state index in [1.165, 1.54) is 0 Å². The zero-order valence-corrected chi connectivity index (χ0v) is 8.52. The molecule has 0 saturated heterocycles. The lowest BCUT2D eigenvalue weighted by Crippen LogP contribution is -2.01. The second kappa shape index (κ2) is 3.79. The van der Waals surface area contributed by atoms with E-state index in [1.807, 2.05) is 25.5 Å². The number of hydrogen-bond donors (Lipinski definition) is 0. The van der Waals surface area contributed by atoms with Crippen LogP contribution in [0.1, 0.15) is 11.4 Å². The van der Waals surface area contributed by atoms with Crippen LogP contribution in [0.3, 0.4) is 0 Å². The van der Waals surface area contributed by atoms with Gasteiger partial charge in [0.1, 0.15) is 0 Å². The van der Waals surface area contributed by atoms with E-state index in [0.29, 0.717) is 12.4 Å². The lowest BCUT2D eigenvalue weighted by atomic mass is 10.4. The summed E-state index contributed by atoms with van der Waals surface area (Å²) in [5, 5.41) is 12.0. The molecule has 0 aromatic carbocycles. The highest BCUT2D eigenvalue weighted by atomic mass is 35.5. The van der Waals surface area contributed by atoms with Gasteiger partial charge >= 0.3 is 0 Å². The summed E-state index contributed by atoms with van der Waals surface area (Å²) in [6.07, 6.45) is 3.72. The van der Waals surface area contributed by atoms with E-state index >= 15 is 0 Å². The Labute approximate surface area is 86.3 Å². The van der Waals surface area contributed by atoms with E-state index in [1.54, 1.807) is 9.36 Å². The highest BCUT2D eigenvalue weighted by Gasteiger charge is 2.01. The van der Waals surface area contributed by atoms with E-state index in [2.05, 4.69) is 15.4 Å². The topological polar surface area (TPSA) is 48.5 Å². The maximum absolute atomic E-state index is 5.61. The minimum atomic E-state index is 0.391. The van der Waals surface area contributed by atoms with Crippen LogP contribution in [-0.2, 0) is 19.5 Å². The summed E-state index contributed by atoms with van der Waals surface area (Å²) in [5.74, 6) is 0.391. The Kier molecular flexibility index (Phi) is 2.49. The molecular weight excluding hydrogens is 202 g/mol. The summed E-state index contributed by atoms with van der Waals surface area (Å²) >= 11 is 5.61. The molecule has 2 aromatic rings. The smallest absolute Gasteiger partial charge is 0.0974 e. The Balaban J connectivity index is 2.10. The minimum Gasteiger partial charge on any atom is -0.275 e. The number of rotatable bonds is 3. The SMILES string of the molecule is Cn1ccc(Cn2cc(CCl)nn2)n1. The van der Waals surface area contributed by atoms with Crippen LogP contribution < -0.4 is 0 Å². The van der Waals surface area contributed by atoms with Crippen molar-refractivity contribution in [1.29, 1.82) is 0 Å². The van der Waals surface area contributed by atoms with Gasteiger partial charge in [-0.25, -0.2) is 4.68 Å². The summed E-state index contributed by atoms with van der Waals surface area (Å²) in [4.78, 5) is 0. The molecule has 0 bridgehead atoms. The highest BCUT2D eigenvalue weighted by Crippen LogP contribution is 2.01. The van der Waals surface area contributed by atoms with Gasteiger partial charge in [0.2, 0.25) is 0 Å². The Bertz CT molecular complexity index is 419. The van der Waals surface area contributed by atoms with Crippen LogP contribution in [0.2, 0.25) is 0 Å². The number of aromatic nitrogens is 5. The quantitative estimate of drug-likeness (QED) is 0.706. The maximum Gasteiger partial charge on any atom is 0.0974 e. The lowest BCUT2D eigenvalue weighted by molar-refractivity contribution is 0.624. The molecule has 0 saturated carbocycles. The average Bonchev–Trinajstić information content (AvgIpc) is 2.76. The van der Waals surface area contributed by atoms with Gasteiger partial charge in [0.15, 0.2) is 0 Å². The number of alkyl halides is 1. The molecule has 0 aliphatic heterocycles. The number of halogens is 1. The Morgan fingerprint density at radius 3 is 2.86 bits per heavy atom. The van der Waals surface area contributed by atoms with E-state index < -0.39 is 0 Å². The second-order valence-corrected chi connectivity index (χ2v) is 3.29. The maximum atomic E-state index is 5.61. The summed E-state index contributed by atoms with van der Waals surface area (Å²) in [7, 11) is 1.88. The van der Waals surface area contributed by atoms with Crippen molar-refractivity contribution in [2.24, 2.45) is 7.05 Å². The third-order valence-electron chi connectivity index (χ3n) is 1.82. The Morgan fingerprint density at radius 2 is 2.29 bits per heavy atom. The molecule has 0 aliphatic rings. The van der Waals surface area contributed by atoms with E-state index in [-0.39, 0.29) is 0 Å². The van der Waals surface area contributed by atoms with Crippen LogP contribution in [-0.4, -0.2) is 24.8 Å². The highest BCUT2D eigenvalue weighted by molar-refractivity contribution is 6.16.